The van der Waals surface area contributed by atoms with E-state index in [0.29, 0.717) is 13.2 Å². The molecular weight excluding hydrogens is 210 g/mol. The SMILES string of the molecule is COCCN(C(=O)C(=O)NCC#N)C(C)C. The molecule has 6 heteroatoms. The first-order valence-electron chi connectivity index (χ1n) is 4.99. The van der Waals surface area contributed by atoms with E-state index in [4.69, 9.17) is 10.00 Å². The van der Waals surface area contributed by atoms with Gasteiger partial charge in [-0.15, -0.1) is 0 Å². The lowest BCUT2D eigenvalue weighted by molar-refractivity contribution is -0.147. The van der Waals surface area contributed by atoms with Crippen LogP contribution < -0.4 is 5.32 Å². The lowest BCUT2D eigenvalue weighted by Crippen LogP contribution is -2.47. The van der Waals surface area contributed by atoms with Crippen molar-refractivity contribution in [3.05, 3.63) is 0 Å². The van der Waals surface area contributed by atoms with Gasteiger partial charge in [-0.3, -0.25) is 9.59 Å². The van der Waals surface area contributed by atoms with Crippen molar-refractivity contribution < 1.29 is 14.3 Å². The molecule has 0 aromatic heterocycles. The molecule has 0 aliphatic rings. The van der Waals surface area contributed by atoms with Crippen LogP contribution in [-0.4, -0.2) is 49.6 Å². The zero-order chi connectivity index (χ0) is 12.6. The average molecular weight is 227 g/mol. The van der Waals surface area contributed by atoms with Crippen LogP contribution in [0.3, 0.4) is 0 Å². The molecule has 16 heavy (non-hydrogen) atoms. The van der Waals surface area contributed by atoms with Gasteiger partial charge in [0.2, 0.25) is 0 Å². The number of hydrogen-bond donors (Lipinski definition) is 1. The van der Waals surface area contributed by atoms with Gasteiger partial charge in [-0.05, 0) is 13.8 Å². The molecule has 0 heterocycles. The number of hydrogen-bond acceptors (Lipinski definition) is 4. The highest BCUT2D eigenvalue weighted by molar-refractivity contribution is 6.35. The molecule has 0 rings (SSSR count). The van der Waals surface area contributed by atoms with Gasteiger partial charge < -0.3 is 15.0 Å². The lowest BCUT2D eigenvalue weighted by atomic mass is 10.3. The molecule has 0 bridgehead atoms. The Morgan fingerprint density at radius 3 is 2.56 bits per heavy atom. The zero-order valence-electron chi connectivity index (χ0n) is 9.82. The Morgan fingerprint density at radius 2 is 2.12 bits per heavy atom. The smallest absolute Gasteiger partial charge is 0.312 e. The highest BCUT2D eigenvalue weighted by Crippen LogP contribution is 1.98. The van der Waals surface area contributed by atoms with E-state index in [1.54, 1.807) is 6.07 Å². The van der Waals surface area contributed by atoms with Gasteiger partial charge in [0.1, 0.15) is 6.54 Å². The maximum atomic E-state index is 11.6. The molecule has 0 aromatic carbocycles. The van der Waals surface area contributed by atoms with Crippen LogP contribution in [0.5, 0.6) is 0 Å². The number of carbonyl (C=O) groups excluding carboxylic acids is 2. The monoisotopic (exact) mass is 227 g/mol. The minimum atomic E-state index is -0.758. The van der Waals surface area contributed by atoms with Crippen molar-refractivity contribution >= 4 is 11.8 Å². The minimum Gasteiger partial charge on any atom is -0.383 e. The predicted octanol–water partition coefficient (Wildman–Crippen LogP) is -0.490. The van der Waals surface area contributed by atoms with E-state index in [-0.39, 0.29) is 12.6 Å². The van der Waals surface area contributed by atoms with E-state index in [0.717, 1.165) is 0 Å². The van der Waals surface area contributed by atoms with Crippen LogP contribution in [0.25, 0.3) is 0 Å². The second-order valence-electron chi connectivity index (χ2n) is 3.43. The Labute approximate surface area is 95.2 Å². The van der Waals surface area contributed by atoms with Gasteiger partial charge in [0, 0.05) is 19.7 Å². The van der Waals surface area contributed by atoms with E-state index in [9.17, 15) is 9.59 Å². The van der Waals surface area contributed by atoms with Gasteiger partial charge in [-0.25, -0.2) is 0 Å². The number of nitrogens with zero attached hydrogens (tertiary/aromatic N) is 2. The standard InChI is InChI=1S/C10H17N3O3/c1-8(2)13(6-7-16-3)10(15)9(14)12-5-4-11/h8H,5-7H2,1-3H3,(H,12,14). The number of ether oxygens (including phenoxy) is 1. The zero-order valence-corrected chi connectivity index (χ0v) is 9.82. The van der Waals surface area contributed by atoms with E-state index in [2.05, 4.69) is 5.32 Å². The number of nitriles is 1. The van der Waals surface area contributed by atoms with Gasteiger partial charge in [-0.1, -0.05) is 0 Å². The van der Waals surface area contributed by atoms with Crippen LogP contribution in [0.1, 0.15) is 13.8 Å². The molecule has 0 fully saturated rings. The van der Waals surface area contributed by atoms with Crippen molar-refractivity contribution in [2.75, 3.05) is 26.8 Å². The third-order valence-electron chi connectivity index (χ3n) is 1.94. The van der Waals surface area contributed by atoms with Crippen LogP contribution in [0.2, 0.25) is 0 Å². The van der Waals surface area contributed by atoms with E-state index in [1.165, 1.54) is 12.0 Å². The number of amides is 2. The van der Waals surface area contributed by atoms with Crippen molar-refractivity contribution in [2.24, 2.45) is 0 Å². The van der Waals surface area contributed by atoms with Crippen molar-refractivity contribution in [1.82, 2.24) is 10.2 Å². The van der Waals surface area contributed by atoms with Crippen LogP contribution in [0, 0.1) is 11.3 Å². The molecule has 1 N–H and O–H groups in total. The minimum absolute atomic E-state index is 0.0875. The second-order valence-corrected chi connectivity index (χ2v) is 3.43. The van der Waals surface area contributed by atoms with Crippen molar-refractivity contribution in [2.45, 2.75) is 19.9 Å². The first-order valence-corrected chi connectivity index (χ1v) is 4.99. The number of rotatable bonds is 5. The van der Waals surface area contributed by atoms with Gasteiger partial charge in [0.05, 0.1) is 12.7 Å². The highest BCUT2D eigenvalue weighted by atomic mass is 16.5. The molecule has 0 saturated carbocycles. The molecular formula is C10H17N3O3. The Balaban J connectivity index is 4.37. The van der Waals surface area contributed by atoms with Gasteiger partial charge in [-0.2, -0.15) is 5.26 Å². The summed E-state index contributed by atoms with van der Waals surface area (Å²) in [5, 5.41) is 10.5. The molecule has 0 saturated heterocycles. The van der Waals surface area contributed by atoms with E-state index >= 15 is 0 Å². The van der Waals surface area contributed by atoms with Crippen LogP contribution in [-0.2, 0) is 14.3 Å². The normalized spacial score (nSPS) is 9.69. The van der Waals surface area contributed by atoms with Crippen molar-refractivity contribution in [3.63, 3.8) is 0 Å². The van der Waals surface area contributed by atoms with Crippen molar-refractivity contribution in [1.29, 1.82) is 5.26 Å². The van der Waals surface area contributed by atoms with E-state index < -0.39 is 11.8 Å². The number of nitrogens with one attached hydrogen (secondary N) is 1. The largest absolute Gasteiger partial charge is 0.383 e. The predicted molar refractivity (Wildman–Crippen MR) is 57.3 cm³/mol. The third-order valence-corrected chi connectivity index (χ3v) is 1.94. The van der Waals surface area contributed by atoms with Gasteiger partial charge in [0.15, 0.2) is 0 Å². The Morgan fingerprint density at radius 1 is 1.50 bits per heavy atom. The summed E-state index contributed by atoms with van der Waals surface area (Å²) >= 11 is 0. The summed E-state index contributed by atoms with van der Waals surface area (Å²) in [6.45, 7) is 4.18. The van der Waals surface area contributed by atoms with Gasteiger partial charge in [0.25, 0.3) is 0 Å². The molecule has 0 aliphatic heterocycles. The summed E-state index contributed by atoms with van der Waals surface area (Å²) < 4.78 is 4.86. The lowest BCUT2D eigenvalue weighted by Gasteiger charge is -2.25. The summed E-state index contributed by atoms with van der Waals surface area (Å²) in [6, 6.07) is 1.65. The van der Waals surface area contributed by atoms with Crippen LogP contribution in [0.15, 0.2) is 0 Å². The number of carbonyl (C=O) groups is 2. The molecule has 0 radical (unpaired) electrons. The molecule has 2 amide bonds. The fraction of sp³-hybridized carbons (Fsp3) is 0.700. The third kappa shape index (κ3) is 4.75. The molecule has 0 aromatic rings. The van der Waals surface area contributed by atoms with Gasteiger partial charge >= 0.3 is 11.8 Å². The topological polar surface area (TPSA) is 82.4 Å². The maximum absolute atomic E-state index is 11.6. The molecule has 0 unspecified atom stereocenters. The molecule has 0 atom stereocenters. The summed E-state index contributed by atoms with van der Waals surface area (Å²) in [5.74, 6) is -1.39. The summed E-state index contributed by atoms with van der Waals surface area (Å²) in [6.07, 6.45) is 0. The summed E-state index contributed by atoms with van der Waals surface area (Å²) in [5.41, 5.74) is 0. The summed E-state index contributed by atoms with van der Waals surface area (Å²) in [7, 11) is 1.53. The number of methoxy groups -OCH3 is 1. The Kier molecular flexibility index (Phi) is 6.88. The quantitative estimate of drug-likeness (QED) is 0.507. The first kappa shape index (κ1) is 14.4. The fourth-order valence-electron chi connectivity index (χ4n) is 1.11. The van der Waals surface area contributed by atoms with Crippen molar-refractivity contribution in [3.8, 4) is 6.07 Å². The molecule has 0 spiro atoms. The average Bonchev–Trinajstić information content (AvgIpc) is 2.25. The Bertz CT molecular complexity index is 284. The Hall–Kier alpha value is -1.61. The second kappa shape index (κ2) is 7.65. The molecule has 90 valence electrons. The van der Waals surface area contributed by atoms with E-state index in [1.807, 2.05) is 13.8 Å². The fourth-order valence-corrected chi connectivity index (χ4v) is 1.11. The van der Waals surface area contributed by atoms with Crippen LogP contribution >= 0.6 is 0 Å². The molecule has 0 aliphatic carbocycles. The summed E-state index contributed by atoms with van der Waals surface area (Å²) in [4.78, 5) is 24.4. The maximum Gasteiger partial charge on any atom is 0.312 e. The van der Waals surface area contributed by atoms with Crippen LogP contribution in [0.4, 0.5) is 0 Å². The molecule has 6 nitrogen and oxygen atoms in total. The highest BCUT2D eigenvalue weighted by Gasteiger charge is 2.23. The first-order chi connectivity index (χ1) is 7.54.